The first-order valence-corrected chi connectivity index (χ1v) is 7.71. The molecule has 0 spiro atoms. The minimum absolute atomic E-state index is 0.0296. The third-order valence-electron chi connectivity index (χ3n) is 3.98. The lowest BCUT2D eigenvalue weighted by molar-refractivity contribution is -0.121. The lowest BCUT2D eigenvalue weighted by Gasteiger charge is -2.31. The maximum atomic E-state index is 12.4. The van der Waals surface area contributed by atoms with E-state index >= 15 is 0 Å². The second-order valence-corrected chi connectivity index (χ2v) is 5.86. The number of carbonyl (C=O) groups excluding carboxylic acids is 1. The number of amides is 1. The summed E-state index contributed by atoms with van der Waals surface area (Å²) >= 11 is 0. The van der Waals surface area contributed by atoms with E-state index in [0.717, 1.165) is 49.6 Å². The van der Waals surface area contributed by atoms with Crippen molar-refractivity contribution in [3.63, 3.8) is 0 Å². The average molecular weight is 299 g/mol. The van der Waals surface area contributed by atoms with Crippen LogP contribution < -0.4 is 5.32 Å². The number of rotatable bonds is 4. The van der Waals surface area contributed by atoms with Crippen LogP contribution in [0.25, 0.3) is 0 Å². The molecule has 1 saturated heterocycles. The smallest absolute Gasteiger partial charge is 0.228 e. The Bertz CT molecular complexity index is 624. The number of likely N-dealkylation sites (tertiary alicyclic amines) is 1. The van der Waals surface area contributed by atoms with Gasteiger partial charge in [0.2, 0.25) is 5.91 Å². The highest BCUT2D eigenvalue weighted by atomic mass is 16.5. The number of piperidine rings is 1. The maximum absolute atomic E-state index is 12.4. The number of nitrogens with zero attached hydrogens (tertiary/aromatic N) is 2. The molecule has 22 heavy (non-hydrogen) atoms. The first-order valence-electron chi connectivity index (χ1n) is 7.71. The number of carbonyl (C=O) groups is 1. The maximum Gasteiger partial charge on any atom is 0.228 e. The van der Waals surface area contributed by atoms with E-state index in [0.29, 0.717) is 0 Å². The molecule has 5 heteroatoms. The van der Waals surface area contributed by atoms with Crippen molar-refractivity contribution < 1.29 is 9.32 Å². The van der Waals surface area contributed by atoms with Gasteiger partial charge in [0.1, 0.15) is 5.76 Å². The number of aryl methyl sites for hydroxylation is 1. The molecular weight excluding hydrogens is 278 g/mol. The predicted molar refractivity (Wildman–Crippen MR) is 84.3 cm³/mol. The highest BCUT2D eigenvalue weighted by molar-refractivity contribution is 5.92. The van der Waals surface area contributed by atoms with Gasteiger partial charge in [0.15, 0.2) is 0 Å². The van der Waals surface area contributed by atoms with Crippen molar-refractivity contribution in [1.82, 2.24) is 10.1 Å². The van der Waals surface area contributed by atoms with Gasteiger partial charge in [-0.05, 0) is 38.4 Å². The molecule has 1 N–H and O–H groups in total. The normalized spacial score (nSPS) is 19.0. The van der Waals surface area contributed by atoms with Crippen LogP contribution in [-0.2, 0) is 11.3 Å². The molecule has 1 aliphatic rings. The third-order valence-corrected chi connectivity index (χ3v) is 3.98. The largest absolute Gasteiger partial charge is 0.361 e. The zero-order chi connectivity index (χ0) is 15.4. The summed E-state index contributed by atoms with van der Waals surface area (Å²) in [6.45, 7) is 4.40. The zero-order valence-corrected chi connectivity index (χ0v) is 12.8. The van der Waals surface area contributed by atoms with E-state index in [1.54, 1.807) is 0 Å². The zero-order valence-electron chi connectivity index (χ0n) is 12.8. The van der Waals surface area contributed by atoms with E-state index in [1.807, 2.05) is 43.3 Å². The van der Waals surface area contributed by atoms with Crippen molar-refractivity contribution >= 4 is 11.6 Å². The molecule has 116 valence electrons. The van der Waals surface area contributed by atoms with Crippen LogP contribution in [0.4, 0.5) is 5.69 Å². The second kappa shape index (κ2) is 6.75. The van der Waals surface area contributed by atoms with Gasteiger partial charge in [0, 0.05) is 24.8 Å². The van der Waals surface area contributed by atoms with Crippen molar-refractivity contribution in [2.24, 2.45) is 5.92 Å². The number of benzene rings is 1. The third kappa shape index (κ3) is 3.74. The average Bonchev–Trinajstić information content (AvgIpc) is 2.93. The molecule has 1 unspecified atom stereocenters. The van der Waals surface area contributed by atoms with Gasteiger partial charge in [-0.2, -0.15) is 0 Å². The number of nitrogens with one attached hydrogen (secondary N) is 1. The summed E-state index contributed by atoms with van der Waals surface area (Å²) in [5.74, 6) is 0.958. The Morgan fingerprint density at radius 2 is 2.23 bits per heavy atom. The fourth-order valence-electron chi connectivity index (χ4n) is 2.90. The van der Waals surface area contributed by atoms with Crippen molar-refractivity contribution in [2.45, 2.75) is 26.3 Å². The summed E-state index contributed by atoms with van der Waals surface area (Å²) in [7, 11) is 0. The molecule has 1 aromatic carbocycles. The van der Waals surface area contributed by atoms with Crippen LogP contribution in [0.15, 0.2) is 40.9 Å². The molecule has 2 heterocycles. The molecule has 1 amide bonds. The van der Waals surface area contributed by atoms with E-state index in [4.69, 9.17) is 4.52 Å². The van der Waals surface area contributed by atoms with Crippen LogP contribution in [0.2, 0.25) is 0 Å². The number of para-hydroxylation sites is 1. The Morgan fingerprint density at radius 3 is 2.95 bits per heavy atom. The van der Waals surface area contributed by atoms with Crippen molar-refractivity contribution in [2.75, 3.05) is 18.4 Å². The van der Waals surface area contributed by atoms with Gasteiger partial charge in [-0.25, -0.2) is 0 Å². The quantitative estimate of drug-likeness (QED) is 0.943. The number of anilines is 1. The Balaban J connectivity index is 1.57. The van der Waals surface area contributed by atoms with Crippen molar-refractivity contribution in [1.29, 1.82) is 0 Å². The van der Waals surface area contributed by atoms with Gasteiger partial charge < -0.3 is 9.84 Å². The van der Waals surface area contributed by atoms with Gasteiger partial charge >= 0.3 is 0 Å². The van der Waals surface area contributed by atoms with Gasteiger partial charge in [0.05, 0.1) is 11.6 Å². The standard InChI is InChI=1S/C17H21N3O2/c1-13-10-16(19-22-13)12-20-9-5-6-14(11-20)17(21)18-15-7-3-2-4-8-15/h2-4,7-8,10,14H,5-6,9,11-12H2,1H3,(H,18,21). The fourth-order valence-corrected chi connectivity index (χ4v) is 2.90. The molecule has 0 saturated carbocycles. The summed E-state index contributed by atoms with van der Waals surface area (Å²) in [6.07, 6.45) is 1.97. The number of hydrogen-bond donors (Lipinski definition) is 1. The van der Waals surface area contributed by atoms with Crippen LogP contribution in [0, 0.1) is 12.8 Å². The molecule has 1 atom stereocenters. The van der Waals surface area contributed by atoms with Gasteiger partial charge in [-0.3, -0.25) is 9.69 Å². The SMILES string of the molecule is Cc1cc(CN2CCCC(C(=O)Nc3ccccc3)C2)no1. The van der Waals surface area contributed by atoms with E-state index in [1.165, 1.54) is 0 Å². The lowest BCUT2D eigenvalue weighted by Crippen LogP contribution is -2.40. The molecule has 1 aliphatic heterocycles. The molecular formula is C17H21N3O2. The summed E-state index contributed by atoms with van der Waals surface area (Å²) in [5, 5.41) is 7.03. The Labute approximate surface area is 130 Å². The number of aromatic nitrogens is 1. The minimum atomic E-state index is 0.0296. The first-order chi connectivity index (χ1) is 10.7. The molecule has 0 bridgehead atoms. The summed E-state index contributed by atoms with van der Waals surface area (Å²) in [5.41, 5.74) is 1.79. The van der Waals surface area contributed by atoms with E-state index in [2.05, 4.69) is 15.4 Å². The molecule has 1 fully saturated rings. The highest BCUT2D eigenvalue weighted by Crippen LogP contribution is 2.20. The van der Waals surface area contributed by atoms with Crippen molar-refractivity contribution in [3.8, 4) is 0 Å². The summed E-state index contributed by atoms with van der Waals surface area (Å²) in [6, 6.07) is 11.6. The number of hydrogen-bond acceptors (Lipinski definition) is 4. The second-order valence-electron chi connectivity index (χ2n) is 5.86. The molecule has 0 aliphatic carbocycles. The van der Waals surface area contributed by atoms with Crippen LogP contribution >= 0.6 is 0 Å². The first kappa shape index (κ1) is 14.8. The minimum Gasteiger partial charge on any atom is -0.361 e. The fraction of sp³-hybridized carbons (Fsp3) is 0.412. The predicted octanol–water partition coefficient (Wildman–Crippen LogP) is 2.83. The molecule has 0 radical (unpaired) electrons. The summed E-state index contributed by atoms with van der Waals surface area (Å²) in [4.78, 5) is 14.7. The van der Waals surface area contributed by atoms with Crippen LogP contribution in [0.1, 0.15) is 24.3 Å². The monoisotopic (exact) mass is 299 g/mol. The molecule has 1 aromatic heterocycles. The summed E-state index contributed by atoms with van der Waals surface area (Å²) < 4.78 is 5.10. The van der Waals surface area contributed by atoms with Gasteiger partial charge in [-0.1, -0.05) is 23.4 Å². The van der Waals surface area contributed by atoms with E-state index in [9.17, 15) is 4.79 Å². The Hall–Kier alpha value is -2.14. The lowest BCUT2D eigenvalue weighted by atomic mass is 9.97. The van der Waals surface area contributed by atoms with Crippen molar-refractivity contribution in [3.05, 3.63) is 47.9 Å². The Morgan fingerprint density at radius 1 is 1.41 bits per heavy atom. The molecule has 5 nitrogen and oxygen atoms in total. The van der Waals surface area contributed by atoms with Gasteiger partial charge in [0.25, 0.3) is 0 Å². The molecule has 2 aromatic rings. The molecule has 3 rings (SSSR count). The van der Waals surface area contributed by atoms with Gasteiger partial charge in [-0.15, -0.1) is 0 Å². The van der Waals surface area contributed by atoms with Crippen LogP contribution in [0.3, 0.4) is 0 Å². The van der Waals surface area contributed by atoms with E-state index < -0.39 is 0 Å². The Kier molecular flexibility index (Phi) is 4.53. The van der Waals surface area contributed by atoms with Crippen LogP contribution in [0.5, 0.6) is 0 Å². The van der Waals surface area contributed by atoms with Crippen LogP contribution in [-0.4, -0.2) is 29.1 Å². The topological polar surface area (TPSA) is 58.4 Å². The van der Waals surface area contributed by atoms with E-state index in [-0.39, 0.29) is 11.8 Å². The highest BCUT2D eigenvalue weighted by Gasteiger charge is 2.26.